The van der Waals surface area contributed by atoms with E-state index in [-0.39, 0.29) is 11.7 Å². The van der Waals surface area contributed by atoms with Gasteiger partial charge in [0.15, 0.2) is 5.01 Å². The lowest BCUT2D eigenvalue weighted by Gasteiger charge is -2.33. The molecule has 1 fully saturated rings. The molecule has 6 heteroatoms. The van der Waals surface area contributed by atoms with Gasteiger partial charge in [-0.15, -0.1) is 11.3 Å². The summed E-state index contributed by atoms with van der Waals surface area (Å²) in [7, 11) is 0. The number of aromatic nitrogens is 1. The first-order valence-electron chi connectivity index (χ1n) is 7.44. The van der Waals surface area contributed by atoms with Crippen LogP contribution in [0, 0.1) is 0 Å². The fraction of sp³-hybridized carbons (Fsp3) is 0.375. The molecule has 0 atom stereocenters. The topological polar surface area (TPSA) is 56.7 Å². The monoisotopic (exact) mass is 317 g/mol. The van der Waals surface area contributed by atoms with Gasteiger partial charge in [-0.2, -0.15) is 0 Å². The zero-order chi connectivity index (χ0) is 15.5. The van der Waals surface area contributed by atoms with Crippen molar-refractivity contribution in [1.29, 1.82) is 0 Å². The standard InChI is InChI=1S/C16H19N3O2S/c1-2-18-6-8-19(9-7-18)16(21)15-17-11-14(22-15)12-4-3-5-13(20)10-12/h3-5,10-11,20H,2,6-9H2,1H3. The number of piperazine rings is 1. The van der Waals surface area contributed by atoms with Crippen molar-refractivity contribution in [1.82, 2.24) is 14.8 Å². The SMILES string of the molecule is CCN1CCN(C(=O)c2ncc(-c3cccc(O)c3)s2)CC1. The van der Waals surface area contributed by atoms with Gasteiger partial charge in [0.2, 0.25) is 0 Å². The number of aromatic hydroxyl groups is 1. The number of rotatable bonds is 3. The van der Waals surface area contributed by atoms with Gasteiger partial charge in [0, 0.05) is 32.4 Å². The quantitative estimate of drug-likeness (QED) is 0.944. The van der Waals surface area contributed by atoms with Crippen LogP contribution in [0.2, 0.25) is 0 Å². The number of likely N-dealkylation sites (N-methyl/N-ethyl adjacent to an activating group) is 1. The summed E-state index contributed by atoms with van der Waals surface area (Å²) >= 11 is 1.38. The predicted molar refractivity (Wildman–Crippen MR) is 87.2 cm³/mol. The third-order valence-corrected chi connectivity index (χ3v) is 4.96. The minimum Gasteiger partial charge on any atom is -0.508 e. The van der Waals surface area contributed by atoms with Gasteiger partial charge in [-0.1, -0.05) is 19.1 Å². The highest BCUT2D eigenvalue weighted by Gasteiger charge is 2.23. The van der Waals surface area contributed by atoms with Crippen LogP contribution in [0.4, 0.5) is 0 Å². The number of amides is 1. The fourth-order valence-corrected chi connectivity index (χ4v) is 3.45. The van der Waals surface area contributed by atoms with Crippen LogP contribution in [0.5, 0.6) is 5.75 Å². The Bertz CT molecular complexity index is 663. The molecule has 0 radical (unpaired) electrons. The van der Waals surface area contributed by atoms with Gasteiger partial charge in [-0.05, 0) is 24.2 Å². The van der Waals surface area contributed by atoms with Crippen LogP contribution in [0.25, 0.3) is 10.4 Å². The summed E-state index contributed by atoms with van der Waals surface area (Å²) in [6.45, 7) is 6.53. The van der Waals surface area contributed by atoms with Crippen molar-refractivity contribution in [3.8, 4) is 16.2 Å². The highest BCUT2D eigenvalue weighted by molar-refractivity contribution is 7.16. The molecular formula is C16H19N3O2S. The zero-order valence-corrected chi connectivity index (χ0v) is 13.3. The Morgan fingerprint density at radius 1 is 1.32 bits per heavy atom. The summed E-state index contributed by atoms with van der Waals surface area (Å²) in [4.78, 5) is 21.9. The van der Waals surface area contributed by atoms with Gasteiger partial charge in [0.25, 0.3) is 5.91 Å². The molecule has 1 N–H and O–H groups in total. The lowest BCUT2D eigenvalue weighted by Crippen LogP contribution is -2.48. The van der Waals surface area contributed by atoms with Crippen molar-refractivity contribution >= 4 is 17.2 Å². The first-order chi connectivity index (χ1) is 10.7. The number of benzene rings is 1. The van der Waals surface area contributed by atoms with E-state index >= 15 is 0 Å². The third-order valence-electron chi connectivity index (χ3n) is 3.93. The minimum absolute atomic E-state index is 0.00663. The summed E-state index contributed by atoms with van der Waals surface area (Å²) in [5.41, 5.74) is 0.882. The molecule has 0 bridgehead atoms. The smallest absolute Gasteiger partial charge is 0.282 e. The minimum atomic E-state index is 0.00663. The van der Waals surface area contributed by atoms with Gasteiger partial charge < -0.3 is 14.9 Å². The van der Waals surface area contributed by atoms with Crippen LogP contribution in [-0.2, 0) is 0 Å². The Kier molecular flexibility index (Phi) is 4.40. The van der Waals surface area contributed by atoms with Gasteiger partial charge in [-0.3, -0.25) is 4.79 Å². The Balaban J connectivity index is 1.72. The number of hydrogen-bond acceptors (Lipinski definition) is 5. The summed E-state index contributed by atoms with van der Waals surface area (Å²) in [5.74, 6) is 0.224. The Morgan fingerprint density at radius 3 is 2.77 bits per heavy atom. The number of phenolic OH excluding ortho intramolecular Hbond substituents is 1. The Labute approximate surface area is 133 Å². The molecule has 2 heterocycles. The molecule has 1 amide bonds. The first kappa shape index (κ1) is 15.0. The van der Waals surface area contributed by atoms with Crippen LogP contribution in [0.15, 0.2) is 30.5 Å². The molecule has 0 unspecified atom stereocenters. The van der Waals surface area contributed by atoms with Crippen LogP contribution < -0.4 is 0 Å². The largest absolute Gasteiger partial charge is 0.508 e. The molecule has 1 aromatic heterocycles. The van der Waals surface area contributed by atoms with Gasteiger partial charge in [0.1, 0.15) is 5.75 Å². The number of nitrogens with zero attached hydrogens (tertiary/aromatic N) is 3. The van der Waals surface area contributed by atoms with E-state index in [1.807, 2.05) is 11.0 Å². The Hall–Kier alpha value is -1.92. The number of phenols is 1. The molecule has 22 heavy (non-hydrogen) atoms. The van der Waals surface area contributed by atoms with E-state index < -0.39 is 0 Å². The lowest BCUT2D eigenvalue weighted by molar-refractivity contribution is 0.0643. The predicted octanol–water partition coefficient (Wildman–Crippen LogP) is 2.29. The summed E-state index contributed by atoms with van der Waals surface area (Å²) < 4.78 is 0. The number of hydrogen-bond donors (Lipinski definition) is 1. The Morgan fingerprint density at radius 2 is 2.09 bits per heavy atom. The maximum absolute atomic E-state index is 12.5. The first-order valence-corrected chi connectivity index (χ1v) is 8.26. The molecular weight excluding hydrogens is 298 g/mol. The van der Waals surface area contributed by atoms with Crippen molar-refractivity contribution < 1.29 is 9.90 Å². The second kappa shape index (κ2) is 6.46. The number of carbonyl (C=O) groups excluding carboxylic acids is 1. The van der Waals surface area contributed by atoms with Crippen LogP contribution >= 0.6 is 11.3 Å². The molecule has 3 rings (SSSR count). The van der Waals surface area contributed by atoms with Crippen molar-refractivity contribution in [2.75, 3.05) is 32.7 Å². The van der Waals surface area contributed by atoms with Crippen molar-refractivity contribution in [3.05, 3.63) is 35.5 Å². The molecule has 0 spiro atoms. The van der Waals surface area contributed by atoms with E-state index in [0.717, 1.165) is 43.2 Å². The average Bonchev–Trinajstić information content (AvgIpc) is 3.04. The van der Waals surface area contributed by atoms with Crippen molar-refractivity contribution in [2.24, 2.45) is 0 Å². The van der Waals surface area contributed by atoms with Crippen LogP contribution in [-0.4, -0.2) is 58.5 Å². The second-order valence-electron chi connectivity index (χ2n) is 5.31. The average molecular weight is 317 g/mol. The highest BCUT2D eigenvalue weighted by atomic mass is 32.1. The number of carbonyl (C=O) groups is 1. The third kappa shape index (κ3) is 3.13. The summed E-state index contributed by atoms with van der Waals surface area (Å²) in [6.07, 6.45) is 1.70. The van der Waals surface area contributed by atoms with Crippen molar-refractivity contribution in [3.63, 3.8) is 0 Å². The normalized spacial score (nSPS) is 16.0. The molecule has 5 nitrogen and oxygen atoms in total. The van der Waals surface area contributed by atoms with Gasteiger partial charge in [-0.25, -0.2) is 4.98 Å². The second-order valence-corrected chi connectivity index (χ2v) is 6.34. The number of thiazole rings is 1. The van der Waals surface area contributed by atoms with E-state index in [4.69, 9.17) is 0 Å². The fourth-order valence-electron chi connectivity index (χ4n) is 2.57. The molecule has 1 aromatic carbocycles. The molecule has 116 valence electrons. The van der Waals surface area contributed by atoms with Crippen LogP contribution in [0.1, 0.15) is 16.7 Å². The molecule has 2 aromatic rings. The molecule has 1 aliphatic heterocycles. The molecule has 0 saturated carbocycles. The summed E-state index contributed by atoms with van der Waals surface area (Å²) in [6, 6.07) is 7.00. The van der Waals surface area contributed by atoms with E-state index in [9.17, 15) is 9.90 Å². The maximum Gasteiger partial charge on any atom is 0.282 e. The molecule has 1 aliphatic rings. The highest BCUT2D eigenvalue weighted by Crippen LogP contribution is 2.29. The van der Waals surface area contributed by atoms with Crippen LogP contribution in [0.3, 0.4) is 0 Å². The maximum atomic E-state index is 12.5. The van der Waals surface area contributed by atoms with E-state index in [2.05, 4.69) is 16.8 Å². The zero-order valence-electron chi connectivity index (χ0n) is 12.5. The lowest BCUT2D eigenvalue weighted by atomic mass is 10.2. The molecule has 0 aliphatic carbocycles. The van der Waals surface area contributed by atoms with Crippen molar-refractivity contribution in [2.45, 2.75) is 6.92 Å². The van der Waals surface area contributed by atoms with E-state index in [0.29, 0.717) is 5.01 Å². The van der Waals surface area contributed by atoms with Gasteiger partial charge in [0.05, 0.1) is 4.88 Å². The van der Waals surface area contributed by atoms with E-state index in [1.54, 1.807) is 24.4 Å². The molecule has 1 saturated heterocycles. The van der Waals surface area contributed by atoms with E-state index in [1.165, 1.54) is 11.3 Å². The van der Waals surface area contributed by atoms with Gasteiger partial charge >= 0.3 is 0 Å². The summed E-state index contributed by atoms with van der Waals surface area (Å²) in [5, 5.41) is 10.1.